The van der Waals surface area contributed by atoms with Crippen molar-refractivity contribution in [2.45, 2.75) is 45.1 Å². The number of esters is 3. The second-order valence-electron chi connectivity index (χ2n) is 4.57. The first-order valence-corrected chi connectivity index (χ1v) is 6.40. The van der Waals surface area contributed by atoms with E-state index in [1.165, 1.54) is 20.8 Å². The third kappa shape index (κ3) is 5.14. The first kappa shape index (κ1) is 17.1. The summed E-state index contributed by atoms with van der Waals surface area (Å²) in [6.07, 6.45) is -2.49. The van der Waals surface area contributed by atoms with Gasteiger partial charge in [-0.25, -0.2) is 0 Å². The minimum Gasteiger partial charge on any atom is -0.463 e. The molecule has 1 aliphatic heterocycles. The van der Waals surface area contributed by atoms with Crippen LogP contribution in [0.2, 0.25) is 0 Å². The lowest BCUT2D eigenvalue weighted by Crippen LogP contribution is -2.57. The molecule has 21 heavy (non-hydrogen) atoms. The van der Waals surface area contributed by atoms with Crippen molar-refractivity contribution in [1.82, 2.24) is 0 Å². The number of aliphatic imine (C=N–C) groups is 1. The Bertz CT molecular complexity index is 423. The molecular weight excluding hydrogens is 282 g/mol. The van der Waals surface area contributed by atoms with Gasteiger partial charge in [-0.15, -0.1) is 0 Å². The molecule has 0 N–H and O–H groups in total. The molecule has 0 spiro atoms. The fraction of sp³-hybridized carbons (Fsp3) is 0.692. The van der Waals surface area contributed by atoms with Crippen LogP contribution in [0, 0.1) is 0 Å². The minimum absolute atomic E-state index is 0.116. The predicted molar refractivity (Wildman–Crippen MR) is 70.8 cm³/mol. The molecule has 0 aromatic carbocycles. The molecule has 118 valence electrons. The lowest BCUT2D eigenvalue weighted by molar-refractivity contribution is -0.204. The van der Waals surface area contributed by atoms with Crippen molar-refractivity contribution < 1.29 is 33.3 Å². The SMILES string of the molecule is C=N[C@@H]1COC(COC(C)=O)[C@H](OC(C)=O)C1OC(C)=O. The first-order valence-electron chi connectivity index (χ1n) is 6.40. The van der Waals surface area contributed by atoms with Gasteiger partial charge in [0.15, 0.2) is 12.2 Å². The number of ether oxygens (including phenoxy) is 4. The van der Waals surface area contributed by atoms with E-state index in [1.54, 1.807) is 0 Å². The van der Waals surface area contributed by atoms with Crippen LogP contribution in [0.4, 0.5) is 0 Å². The molecule has 8 nitrogen and oxygen atoms in total. The summed E-state index contributed by atoms with van der Waals surface area (Å²) < 4.78 is 20.7. The summed E-state index contributed by atoms with van der Waals surface area (Å²) in [6.45, 7) is 7.12. The summed E-state index contributed by atoms with van der Waals surface area (Å²) in [6, 6.07) is -0.563. The highest BCUT2D eigenvalue weighted by Gasteiger charge is 2.45. The van der Waals surface area contributed by atoms with Gasteiger partial charge in [-0.1, -0.05) is 0 Å². The summed E-state index contributed by atoms with van der Waals surface area (Å²) >= 11 is 0. The van der Waals surface area contributed by atoms with Gasteiger partial charge in [0.1, 0.15) is 18.8 Å². The smallest absolute Gasteiger partial charge is 0.303 e. The molecule has 0 aromatic heterocycles. The second-order valence-corrected chi connectivity index (χ2v) is 4.57. The van der Waals surface area contributed by atoms with Crippen LogP contribution in [0.1, 0.15) is 20.8 Å². The molecule has 0 amide bonds. The van der Waals surface area contributed by atoms with Crippen LogP contribution in [-0.4, -0.2) is 62.2 Å². The molecule has 0 aliphatic carbocycles. The zero-order chi connectivity index (χ0) is 16.0. The largest absolute Gasteiger partial charge is 0.463 e. The molecule has 2 unspecified atom stereocenters. The fourth-order valence-corrected chi connectivity index (χ4v) is 2.01. The Morgan fingerprint density at radius 3 is 2.14 bits per heavy atom. The number of hydrogen-bond acceptors (Lipinski definition) is 8. The van der Waals surface area contributed by atoms with E-state index in [1.807, 2.05) is 0 Å². The second kappa shape index (κ2) is 7.72. The first-order chi connectivity index (χ1) is 9.85. The molecule has 0 aromatic rings. The molecule has 4 atom stereocenters. The molecule has 1 aliphatic rings. The van der Waals surface area contributed by atoms with Gasteiger partial charge in [0, 0.05) is 20.8 Å². The summed E-state index contributed by atoms with van der Waals surface area (Å²) in [5.74, 6) is -1.61. The summed E-state index contributed by atoms with van der Waals surface area (Å²) in [7, 11) is 0. The normalized spacial score (nSPS) is 28.3. The molecule has 1 saturated heterocycles. The van der Waals surface area contributed by atoms with Crippen molar-refractivity contribution >= 4 is 24.6 Å². The standard InChI is InChI=1S/C13H19NO7/c1-7(15)18-6-11-13(21-9(3)17)12(20-8(2)16)10(14-4)5-19-11/h10-13H,4-6H2,1-3H3/t10-,11?,12?,13+/m1/s1. The van der Waals surface area contributed by atoms with Crippen LogP contribution in [-0.2, 0) is 33.3 Å². The number of rotatable bonds is 5. The molecular formula is C13H19NO7. The summed E-state index contributed by atoms with van der Waals surface area (Å²) in [4.78, 5) is 37.2. The van der Waals surface area contributed by atoms with Crippen molar-refractivity contribution in [3.8, 4) is 0 Å². The Labute approximate surface area is 122 Å². The third-order valence-corrected chi connectivity index (χ3v) is 2.84. The summed E-state index contributed by atoms with van der Waals surface area (Å²) in [5, 5.41) is 0. The van der Waals surface area contributed by atoms with Crippen LogP contribution >= 0.6 is 0 Å². The lowest BCUT2D eigenvalue weighted by atomic mass is 9.98. The van der Waals surface area contributed by atoms with Crippen LogP contribution in [0.5, 0.6) is 0 Å². The van der Waals surface area contributed by atoms with Gasteiger partial charge < -0.3 is 18.9 Å². The average Bonchev–Trinajstić information content (AvgIpc) is 2.37. The van der Waals surface area contributed by atoms with Gasteiger partial charge in [0.2, 0.25) is 0 Å². The molecule has 1 heterocycles. The molecule has 8 heteroatoms. The Hall–Kier alpha value is -1.96. The highest BCUT2D eigenvalue weighted by atomic mass is 16.6. The van der Waals surface area contributed by atoms with Gasteiger partial charge in [0.05, 0.1) is 6.61 Å². The van der Waals surface area contributed by atoms with Crippen molar-refractivity contribution in [2.24, 2.45) is 4.99 Å². The third-order valence-electron chi connectivity index (χ3n) is 2.84. The maximum absolute atomic E-state index is 11.2. The molecule has 0 bridgehead atoms. The minimum atomic E-state index is -0.921. The monoisotopic (exact) mass is 301 g/mol. The Morgan fingerprint density at radius 2 is 1.67 bits per heavy atom. The summed E-state index contributed by atoms with van der Waals surface area (Å²) in [5.41, 5.74) is 0. The van der Waals surface area contributed by atoms with Crippen molar-refractivity contribution in [2.75, 3.05) is 13.2 Å². The predicted octanol–water partition coefficient (Wildman–Crippen LogP) is -0.119. The van der Waals surface area contributed by atoms with E-state index >= 15 is 0 Å². The Balaban J connectivity index is 2.92. The van der Waals surface area contributed by atoms with Crippen molar-refractivity contribution in [3.05, 3.63) is 0 Å². The lowest BCUT2D eigenvalue weighted by Gasteiger charge is -2.39. The van der Waals surface area contributed by atoms with E-state index in [0.717, 1.165) is 0 Å². The van der Waals surface area contributed by atoms with E-state index < -0.39 is 42.3 Å². The van der Waals surface area contributed by atoms with Crippen LogP contribution < -0.4 is 0 Å². The van der Waals surface area contributed by atoms with Crippen molar-refractivity contribution in [3.63, 3.8) is 0 Å². The van der Waals surface area contributed by atoms with E-state index in [9.17, 15) is 14.4 Å². The van der Waals surface area contributed by atoms with Gasteiger partial charge in [-0.2, -0.15) is 0 Å². The van der Waals surface area contributed by atoms with E-state index in [4.69, 9.17) is 18.9 Å². The maximum atomic E-state index is 11.2. The molecule has 0 saturated carbocycles. The molecule has 1 fully saturated rings. The molecule has 1 rings (SSSR count). The van der Waals surface area contributed by atoms with Gasteiger partial charge >= 0.3 is 17.9 Å². The number of hydrogen-bond donors (Lipinski definition) is 0. The zero-order valence-electron chi connectivity index (χ0n) is 12.2. The highest BCUT2D eigenvalue weighted by molar-refractivity contribution is 5.68. The van der Waals surface area contributed by atoms with Crippen LogP contribution in [0.3, 0.4) is 0 Å². The van der Waals surface area contributed by atoms with Crippen LogP contribution in [0.25, 0.3) is 0 Å². The maximum Gasteiger partial charge on any atom is 0.303 e. The van der Waals surface area contributed by atoms with E-state index in [-0.39, 0.29) is 13.2 Å². The fourth-order valence-electron chi connectivity index (χ4n) is 2.01. The van der Waals surface area contributed by atoms with E-state index in [2.05, 4.69) is 11.7 Å². The average molecular weight is 301 g/mol. The Morgan fingerprint density at radius 1 is 1.10 bits per heavy atom. The zero-order valence-corrected chi connectivity index (χ0v) is 12.2. The number of nitrogens with zero attached hydrogens (tertiary/aromatic N) is 1. The number of carbonyl (C=O) groups excluding carboxylic acids is 3. The highest BCUT2D eigenvalue weighted by Crippen LogP contribution is 2.24. The van der Waals surface area contributed by atoms with Gasteiger partial charge in [0.25, 0.3) is 0 Å². The molecule has 0 radical (unpaired) electrons. The van der Waals surface area contributed by atoms with Crippen molar-refractivity contribution in [1.29, 1.82) is 0 Å². The van der Waals surface area contributed by atoms with Gasteiger partial charge in [-0.05, 0) is 6.72 Å². The number of carbonyl (C=O) groups is 3. The van der Waals surface area contributed by atoms with Crippen LogP contribution in [0.15, 0.2) is 4.99 Å². The Kier molecular flexibility index (Phi) is 6.29. The van der Waals surface area contributed by atoms with Gasteiger partial charge in [-0.3, -0.25) is 19.4 Å². The quantitative estimate of drug-likeness (QED) is 0.396. The topological polar surface area (TPSA) is 100 Å². The van der Waals surface area contributed by atoms with E-state index in [0.29, 0.717) is 0 Å².